The second-order valence-electron chi connectivity index (χ2n) is 10.4. The van der Waals surface area contributed by atoms with Gasteiger partial charge in [-0.15, -0.1) is 0 Å². The molecule has 0 atom stereocenters. The minimum absolute atomic E-state index is 0.390. The van der Waals surface area contributed by atoms with Crippen molar-refractivity contribution in [3.63, 3.8) is 0 Å². The van der Waals surface area contributed by atoms with Gasteiger partial charge in [-0.2, -0.15) is 0 Å². The molecule has 1 fully saturated rings. The summed E-state index contributed by atoms with van der Waals surface area (Å²) in [6, 6.07) is 29.1. The predicted octanol–water partition coefficient (Wildman–Crippen LogP) is 5.66. The largest absolute Gasteiger partial charge is 0.497 e. The van der Waals surface area contributed by atoms with Crippen LogP contribution in [0.15, 0.2) is 91.1 Å². The molecule has 2 heterocycles. The van der Waals surface area contributed by atoms with Crippen LogP contribution in [-0.2, 0) is 17.8 Å². The molecule has 4 aromatic rings. The Labute approximate surface area is 249 Å². The molecule has 0 bridgehead atoms. The fourth-order valence-corrected chi connectivity index (χ4v) is 4.92. The number of benzene rings is 3. The van der Waals surface area contributed by atoms with Crippen LogP contribution in [0.1, 0.15) is 11.1 Å². The van der Waals surface area contributed by atoms with E-state index in [1.807, 2.05) is 56.6 Å². The summed E-state index contributed by atoms with van der Waals surface area (Å²) in [6.45, 7) is 5.65. The van der Waals surface area contributed by atoms with Crippen LogP contribution in [0.4, 0.5) is 17.1 Å². The van der Waals surface area contributed by atoms with Gasteiger partial charge in [-0.3, -0.25) is 0 Å². The molecule has 1 aliphatic heterocycles. The third kappa shape index (κ3) is 8.07. The topological polar surface area (TPSA) is 59.5 Å². The standard InChI is InChI=1S/C34H40N4O4/c1-36(2)30-7-5-9-33(23-30)41-20-21-42-34-24-31(14-15-35-34)38(26-28-6-4-8-32(22-28)39-3)25-27-10-12-29(13-11-27)37-16-18-40-19-17-37/h4-15,22-24H,16-21,25-26H2,1-3H3. The van der Waals surface area contributed by atoms with Crippen molar-refractivity contribution in [3.05, 3.63) is 102 Å². The van der Waals surface area contributed by atoms with E-state index in [-0.39, 0.29) is 0 Å². The van der Waals surface area contributed by atoms with Gasteiger partial charge in [-0.05, 0) is 53.6 Å². The van der Waals surface area contributed by atoms with Crippen LogP contribution in [0.5, 0.6) is 17.4 Å². The summed E-state index contributed by atoms with van der Waals surface area (Å²) in [4.78, 5) is 11.2. The van der Waals surface area contributed by atoms with E-state index >= 15 is 0 Å². The maximum Gasteiger partial charge on any atom is 0.215 e. The maximum absolute atomic E-state index is 6.01. The number of morpholine rings is 1. The highest BCUT2D eigenvalue weighted by Crippen LogP contribution is 2.26. The second kappa shape index (κ2) is 14.5. The molecule has 220 valence electrons. The minimum atomic E-state index is 0.390. The fraction of sp³-hybridized carbons (Fsp3) is 0.324. The van der Waals surface area contributed by atoms with Gasteiger partial charge < -0.3 is 33.6 Å². The van der Waals surface area contributed by atoms with Crippen LogP contribution >= 0.6 is 0 Å². The predicted molar refractivity (Wildman–Crippen MR) is 168 cm³/mol. The SMILES string of the molecule is COc1cccc(CN(Cc2ccc(N3CCOCC3)cc2)c2ccnc(OCCOc3cccc(N(C)C)c3)c2)c1. The number of nitrogens with zero attached hydrogens (tertiary/aromatic N) is 4. The van der Waals surface area contributed by atoms with E-state index in [1.165, 1.54) is 11.3 Å². The number of methoxy groups -OCH3 is 1. The van der Waals surface area contributed by atoms with Crippen molar-refractivity contribution in [2.45, 2.75) is 13.1 Å². The van der Waals surface area contributed by atoms with Crippen molar-refractivity contribution in [1.82, 2.24) is 4.98 Å². The first-order valence-corrected chi connectivity index (χ1v) is 14.4. The van der Waals surface area contributed by atoms with E-state index in [4.69, 9.17) is 18.9 Å². The number of ether oxygens (including phenoxy) is 4. The van der Waals surface area contributed by atoms with E-state index in [0.717, 1.165) is 61.3 Å². The normalized spacial score (nSPS) is 13.0. The lowest BCUT2D eigenvalue weighted by atomic mass is 10.1. The Bertz CT molecular complexity index is 1410. The van der Waals surface area contributed by atoms with E-state index in [9.17, 15) is 0 Å². The summed E-state index contributed by atoms with van der Waals surface area (Å²) < 4.78 is 22.9. The van der Waals surface area contributed by atoms with Crippen molar-refractivity contribution in [2.75, 3.05) is 75.4 Å². The molecule has 0 saturated carbocycles. The monoisotopic (exact) mass is 568 g/mol. The molecule has 1 aliphatic rings. The van der Waals surface area contributed by atoms with Crippen molar-refractivity contribution in [2.24, 2.45) is 0 Å². The molecule has 8 nitrogen and oxygen atoms in total. The summed E-state index contributed by atoms with van der Waals surface area (Å²) in [5.41, 5.74) is 5.74. The van der Waals surface area contributed by atoms with Gasteiger partial charge in [0.25, 0.3) is 0 Å². The van der Waals surface area contributed by atoms with Crippen LogP contribution in [-0.4, -0.2) is 65.7 Å². The van der Waals surface area contributed by atoms with Gasteiger partial charge in [0, 0.05) is 75.7 Å². The Morgan fingerprint density at radius 3 is 2.29 bits per heavy atom. The van der Waals surface area contributed by atoms with Gasteiger partial charge in [0.15, 0.2) is 0 Å². The van der Waals surface area contributed by atoms with Gasteiger partial charge in [0.1, 0.15) is 24.7 Å². The number of rotatable bonds is 13. The summed E-state index contributed by atoms with van der Waals surface area (Å²) >= 11 is 0. The third-order valence-electron chi connectivity index (χ3n) is 7.21. The van der Waals surface area contributed by atoms with Gasteiger partial charge in [0.05, 0.1) is 20.3 Å². The highest BCUT2D eigenvalue weighted by molar-refractivity contribution is 5.52. The second-order valence-corrected chi connectivity index (χ2v) is 10.4. The number of pyridine rings is 1. The van der Waals surface area contributed by atoms with E-state index < -0.39 is 0 Å². The molecule has 0 N–H and O–H groups in total. The average Bonchev–Trinajstić information content (AvgIpc) is 3.04. The Balaban J connectivity index is 1.27. The third-order valence-corrected chi connectivity index (χ3v) is 7.21. The zero-order valence-corrected chi connectivity index (χ0v) is 24.7. The molecule has 0 spiro atoms. The van der Waals surface area contributed by atoms with Crippen LogP contribution < -0.4 is 28.9 Å². The van der Waals surface area contributed by atoms with Gasteiger partial charge in [-0.25, -0.2) is 4.98 Å². The molecule has 5 rings (SSSR count). The van der Waals surface area contributed by atoms with E-state index in [1.54, 1.807) is 13.3 Å². The lowest BCUT2D eigenvalue weighted by Crippen LogP contribution is -2.36. The first-order chi connectivity index (χ1) is 20.6. The zero-order chi connectivity index (χ0) is 29.1. The molecular weight excluding hydrogens is 528 g/mol. The molecule has 1 saturated heterocycles. The Hall–Kier alpha value is -4.43. The number of hydrogen-bond acceptors (Lipinski definition) is 8. The molecule has 0 radical (unpaired) electrons. The van der Waals surface area contributed by atoms with Crippen LogP contribution in [0.3, 0.4) is 0 Å². The Kier molecular flexibility index (Phi) is 10.0. The Morgan fingerprint density at radius 1 is 0.762 bits per heavy atom. The van der Waals surface area contributed by atoms with Gasteiger partial charge >= 0.3 is 0 Å². The smallest absolute Gasteiger partial charge is 0.215 e. The number of anilines is 3. The van der Waals surface area contributed by atoms with Crippen molar-refractivity contribution >= 4 is 17.1 Å². The molecule has 0 aliphatic carbocycles. The minimum Gasteiger partial charge on any atom is -0.497 e. The highest BCUT2D eigenvalue weighted by atomic mass is 16.5. The number of hydrogen-bond donors (Lipinski definition) is 0. The Morgan fingerprint density at radius 2 is 1.50 bits per heavy atom. The molecule has 42 heavy (non-hydrogen) atoms. The van der Waals surface area contributed by atoms with Crippen LogP contribution in [0.25, 0.3) is 0 Å². The van der Waals surface area contributed by atoms with Gasteiger partial charge in [0.2, 0.25) is 5.88 Å². The molecule has 0 unspecified atom stereocenters. The van der Waals surface area contributed by atoms with Crippen LogP contribution in [0.2, 0.25) is 0 Å². The summed E-state index contributed by atoms with van der Waals surface area (Å²) in [6.07, 6.45) is 1.80. The van der Waals surface area contributed by atoms with E-state index in [2.05, 4.69) is 62.1 Å². The molecule has 8 heteroatoms. The lowest BCUT2D eigenvalue weighted by Gasteiger charge is -2.29. The van der Waals surface area contributed by atoms with Crippen molar-refractivity contribution in [3.8, 4) is 17.4 Å². The zero-order valence-electron chi connectivity index (χ0n) is 24.7. The molecule has 0 amide bonds. The highest BCUT2D eigenvalue weighted by Gasteiger charge is 2.14. The molecule has 3 aromatic carbocycles. The summed E-state index contributed by atoms with van der Waals surface area (Å²) in [5.74, 6) is 2.23. The summed E-state index contributed by atoms with van der Waals surface area (Å²) in [7, 11) is 5.72. The fourth-order valence-electron chi connectivity index (χ4n) is 4.92. The van der Waals surface area contributed by atoms with E-state index in [0.29, 0.717) is 25.6 Å². The molecule has 1 aromatic heterocycles. The first-order valence-electron chi connectivity index (χ1n) is 14.4. The van der Waals surface area contributed by atoms with Crippen molar-refractivity contribution in [1.29, 1.82) is 0 Å². The van der Waals surface area contributed by atoms with Crippen LogP contribution in [0, 0.1) is 0 Å². The summed E-state index contributed by atoms with van der Waals surface area (Å²) in [5, 5.41) is 0. The molecular formula is C34H40N4O4. The average molecular weight is 569 g/mol. The van der Waals surface area contributed by atoms with Gasteiger partial charge in [-0.1, -0.05) is 30.3 Å². The quantitative estimate of drug-likeness (QED) is 0.192. The maximum atomic E-state index is 6.01. The van der Waals surface area contributed by atoms with Crippen molar-refractivity contribution < 1.29 is 18.9 Å². The number of aromatic nitrogens is 1. The lowest BCUT2D eigenvalue weighted by molar-refractivity contribution is 0.122. The first kappa shape index (κ1) is 29.1.